The van der Waals surface area contributed by atoms with Crippen LogP contribution in [0.25, 0.3) is 10.1 Å². The summed E-state index contributed by atoms with van der Waals surface area (Å²) < 4.78 is 33.7. The Bertz CT molecular complexity index is 1090. The first-order valence-electron chi connectivity index (χ1n) is 9.47. The monoisotopic (exact) mass is 432 g/mol. The lowest BCUT2D eigenvalue weighted by atomic mass is 10.2. The first-order valence-corrected chi connectivity index (χ1v) is 11.7. The van der Waals surface area contributed by atoms with E-state index in [0.717, 1.165) is 10.1 Å². The summed E-state index contributed by atoms with van der Waals surface area (Å²) in [6, 6.07) is 14.1. The Kier molecular flexibility index (Phi) is 6.56. The Morgan fingerprint density at radius 1 is 1.07 bits per heavy atom. The van der Waals surface area contributed by atoms with E-state index in [4.69, 9.17) is 4.74 Å². The lowest BCUT2D eigenvalue weighted by Crippen LogP contribution is -2.30. The Hall–Kier alpha value is -2.42. The minimum atomic E-state index is -3.65. The summed E-state index contributed by atoms with van der Waals surface area (Å²) in [6.07, 6.45) is 0. The zero-order valence-corrected chi connectivity index (χ0v) is 18.3. The van der Waals surface area contributed by atoms with Crippen LogP contribution in [-0.2, 0) is 10.0 Å². The van der Waals surface area contributed by atoms with Crippen molar-refractivity contribution in [1.82, 2.24) is 4.31 Å². The van der Waals surface area contributed by atoms with Crippen LogP contribution < -0.4 is 10.1 Å². The number of nitrogens with one attached hydrogen (secondary N) is 1. The van der Waals surface area contributed by atoms with E-state index in [9.17, 15) is 13.2 Å². The van der Waals surface area contributed by atoms with Gasteiger partial charge in [-0.15, -0.1) is 11.3 Å². The van der Waals surface area contributed by atoms with Crippen molar-refractivity contribution in [3.8, 4) is 5.75 Å². The number of sulfonamides is 1. The number of anilines is 1. The summed E-state index contributed by atoms with van der Waals surface area (Å²) in [6.45, 7) is 6.55. The Morgan fingerprint density at radius 3 is 2.45 bits per heavy atom. The maximum absolute atomic E-state index is 12.9. The van der Waals surface area contributed by atoms with Gasteiger partial charge >= 0.3 is 0 Å². The minimum absolute atomic E-state index is 0.122. The van der Waals surface area contributed by atoms with Crippen LogP contribution in [-0.4, -0.2) is 38.3 Å². The summed E-state index contributed by atoms with van der Waals surface area (Å²) in [5.41, 5.74) is 0.336. The molecule has 6 nitrogen and oxygen atoms in total. The molecule has 1 heterocycles. The molecule has 0 bridgehead atoms. The summed E-state index contributed by atoms with van der Waals surface area (Å²) in [5, 5.41) is 3.81. The quantitative estimate of drug-likeness (QED) is 0.565. The number of amides is 1. The highest BCUT2D eigenvalue weighted by Gasteiger charge is 2.23. The standard InChI is InChI=1S/C21H24N2O4S2/c1-4-23(5-2)29(25,26)16-11-12-18(27-6-3)17(14-16)22-21(24)20-13-15-9-7-8-10-19(15)28-20/h7-14H,4-6H2,1-3H3,(H,22,24). The van der Waals surface area contributed by atoms with Crippen LogP contribution in [0.5, 0.6) is 5.75 Å². The predicted octanol–water partition coefficient (Wildman–Crippen LogP) is 4.58. The number of hydrogen-bond donors (Lipinski definition) is 1. The van der Waals surface area contributed by atoms with Gasteiger partial charge in [-0.2, -0.15) is 4.31 Å². The molecule has 0 saturated heterocycles. The number of benzene rings is 2. The van der Waals surface area contributed by atoms with Crippen molar-refractivity contribution in [2.24, 2.45) is 0 Å². The molecule has 0 unspecified atom stereocenters. The number of nitrogens with zero attached hydrogens (tertiary/aromatic N) is 1. The van der Waals surface area contributed by atoms with Gasteiger partial charge < -0.3 is 10.1 Å². The van der Waals surface area contributed by atoms with Crippen molar-refractivity contribution < 1.29 is 17.9 Å². The molecule has 0 saturated carbocycles. The minimum Gasteiger partial charge on any atom is -0.492 e. The van der Waals surface area contributed by atoms with E-state index in [1.54, 1.807) is 19.9 Å². The summed E-state index contributed by atoms with van der Waals surface area (Å²) in [4.78, 5) is 13.5. The van der Waals surface area contributed by atoms with Crippen LogP contribution >= 0.6 is 11.3 Å². The zero-order valence-electron chi connectivity index (χ0n) is 16.6. The lowest BCUT2D eigenvalue weighted by molar-refractivity contribution is 0.103. The van der Waals surface area contributed by atoms with Crippen molar-refractivity contribution >= 4 is 43.0 Å². The fourth-order valence-corrected chi connectivity index (χ4v) is 5.48. The molecule has 2 aromatic carbocycles. The third-order valence-corrected chi connectivity index (χ3v) is 7.65. The summed E-state index contributed by atoms with van der Waals surface area (Å²) in [7, 11) is -3.65. The SMILES string of the molecule is CCOc1ccc(S(=O)(=O)N(CC)CC)cc1NC(=O)c1cc2ccccc2s1. The molecule has 1 amide bonds. The Morgan fingerprint density at radius 2 is 1.79 bits per heavy atom. The van der Waals surface area contributed by atoms with E-state index in [-0.39, 0.29) is 10.8 Å². The van der Waals surface area contributed by atoms with Crippen LogP contribution in [0.1, 0.15) is 30.4 Å². The smallest absolute Gasteiger partial charge is 0.265 e. The van der Waals surface area contributed by atoms with Crippen molar-refractivity contribution in [3.63, 3.8) is 0 Å². The summed E-state index contributed by atoms with van der Waals surface area (Å²) >= 11 is 1.39. The van der Waals surface area contributed by atoms with Gasteiger partial charge in [-0.25, -0.2) is 8.42 Å². The average Bonchev–Trinajstić information content (AvgIpc) is 3.14. The molecule has 3 aromatic rings. The highest BCUT2D eigenvalue weighted by molar-refractivity contribution is 7.89. The van der Waals surface area contributed by atoms with Crippen LogP contribution in [0.2, 0.25) is 0 Å². The number of fused-ring (bicyclic) bond motifs is 1. The third-order valence-electron chi connectivity index (χ3n) is 4.49. The molecule has 0 spiro atoms. The number of thiophene rings is 1. The van der Waals surface area contributed by atoms with Gasteiger partial charge in [0.05, 0.1) is 22.1 Å². The second kappa shape index (κ2) is 8.94. The van der Waals surface area contributed by atoms with Crippen molar-refractivity contribution in [1.29, 1.82) is 0 Å². The molecule has 29 heavy (non-hydrogen) atoms. The van der Waals surface area contributed by atoms with Gasteiger partial charge in [0.25, 0.3) is 5.91 Å². The largest absolute Gasteiger partial charge is 0.492 e. The Balaban J connectivity index is 1.96. The maximum atomic E-state index is 12.9. The Labute approximate surface area is 175 Å². The van der Waals surface area contributed by atoms with Crippen LogP contribution in [0, 0.1) is 0 Å². The molecule has 0 atom stereocenters. The molecule has 0 fully saturated rings. The number of carbonyl (C=O) groups is 1. The average molecular weight is 433 g/mol. The molecule has 0 aliphatic heterocycles. The summed E-state index contributed by atoms with van der Waals surface area (Å²) in [5.74, 6) is 0.130. The number of carbonyl (C=O) groups excluding carboxylic acids is 1. The maximum Gasteiger partial charge on any atom is 0.265 e. The molecule has 1 aromatic heterocycles. The predicted molar refractivity (Wildman–Crippen MR) is 117 cm³/mol. The topological polar surface area (TPSA) is 75.7 Å². The van der Waals surface area contributed by atoms with Crippen LogP contribution in [0.3, 0.4) is 0 Å². The van der Waals surface area contributed by atoms with E-state index >= 15 is 0 Å². The first kappa shape index (κ1) is 21.3. The molecule has 0 aliphatic carbocycles. The van der Waals surface area contributed by atoms with Gasteiger partial charge in [-0.05, 0) is 42.6 Å². The molecule has 0 aliphatic rings. The molecule has 154 valence electrons. The fourth-order valence-electron chi connectivity index (χ4n) is 3.04. The molecule has 3 rings (SSSR count). The van der Waals surface area contributed by atoms with Crippen LogP contribution in [0.15, 0.2) is 53.4 Å². The lowest BCUT2D eigenvalue weighted by Gasteiger charge is -2.20. The fraction of sp³-hybridized carbons (Fsp3) is 0.286. The van der Waals surface area contributed by atoms with Crippen LogP contribution in [0.4, 0.5) is 5.69 Å². The van der Waals surface area contributed by atoms with E-state index in [1.165, 1.54) is 27.8 Å². The van der Waals surface area contributed by atoms with Crippen molar-refractivity contribution in [2.75, 3.05) is 25.0 Å². The molecule has 8 heteroatoms. The van der Waals surface area contributed by atoms with Crippen molar-refractivity contribution in [2.45, 2.75) is 25.7 Å². The number of hydrogen-bond acceptors (Lipinski definition) is 5. The third kappa shape index (κ3) is 4.44. The van der Waals surface area contributed by atoms with Gasteiger partial charge in [-0.3, -0.25) is 4.79 Å². The van der Waals surface area contributed by atoms with Gasteiger partial charge in [0.1, 0.15) is 5.75 Å². The van der Waals surface area contributed by atoms with E-state index in [2.05, 4.69) is 5.32 Å². The second-order valence-electron chi connectivity index (χ2n) is 6.28. The van der Waals surface area contributed by atoms with E-state index in [0.29, 0.717) is 36.0 Å². The number of ether oxygens (including phenoxy) is 1. The highest BCUT2D eigenvalue weighted by Crippen LogP contribution is 2.31. The van der Waals surface area contributed by atoms with Gasteiger partial charge in [0.15, 0.2) is 0 Å². The van der Waals surface area contributed by atoms with Crippen molar-refractivity contribution in [3.05, 3.63) is 53.4 Å². The first-order chi connectivity index (χ1) is 13.9. The number of rotatable bonds is 8. The van der Waals surface area contributed by atoms with E-state index in [1.807, 2.05) is 37.3 Å². The van der Waals surface area contributed by atoms with Gasteiger partial charge in [0, 0.05) is 17.8 Å². The molecule has 1 N–H and O–H groups in total. The normalized spacial score (nSPS) is 11.7. The molecular formula is C21H24N2O4S2. The molecular weight excluding hydrogens is 408 g/mol. The zero-order chi connectivity index (χ0) is 21.0. The van der Waals surface area contributed by atoms with E-state index < -0.39 is 10.0 Å². The van der Waals surface area contributed by atoms with Gasteiger partial charge in [-0.1, -0.05) is 32.0 Å². The molecule has 0 radical (unpaired) electrons. The highest BCUT2D eigenvalue weighted by atomic mass is 32.2. The van der Waals surface area contributed by atoms with Gasteiger partial charge in [0.2, 0.25) is 10.0 Å². The second-order valence-corrected chi connectivity index (χ2v) is 9.30.